The highest BCUT2D eigenvalue weighted by Gasteiger charge is 1.99. The molecule has 0 radical (unpaired) electrons. The lowest BCUT2D eigenvalue weighted by Crippen LogP contribution is -2.22. The maximum atomic E-state index is 10.6. The summed E-state index contributed by atoms with van der Waals surface area (Å²) in [4.78, 5) is 18.4. The SMILES string of the molecule is O=C([O-])c1cccc(-c2cncnc2)c1. The summed E-state index contributed by atoms with van der Waals surface area (Å²) in [7, 11) is 0. The fourth-order valence-corrected chi connectivity index (χ4v) is 1.27. The summed E-state index contributed by atoms with van der Waals surface area (Å²) in [6, 6.07) is 6.48. The number of carboxylic acid groups (broad SMARTS) is 1. The number of rotatable bonds is 2. The van der Waals surface area contributed by atoms with Gasteiger partial charge in [-0.05, 0) is 17.2 Å². The number of aromatic nitrogens is 2. The number of carboxylic acids is 1. The van der Waals surface area contributed by atoms with E-state index in [1.165, 1.54) is 18.5 Å². The number of hydrogen-bond acceptors (Lipinski definition) is 4. The van der Waals surface area contributed by atoms with Crippen LogP contribution in [0.3, 0.4) is 0 Å². The van der Waals surface area contributed by atoms with Crippen molar-refractivity contribution in [3.63, 3.8) is 0 Å². The van der Waals surface area contributed by atoms with Crippen molar-refractivity contribution in [2.24, 2.45) is 0 Å². The highest BCUT2D eigenvalue weighted by Crippen LogP contribution is 2.17. The van der Waals surface area contributed by atoms with Gasteiger partial charge in [-0.2, -0.15) is 0 Å². The molecule has 2 aromatic rings. The van der Waals surface area contributed by atoms with Crippen LogP contribution in [0.1, 0.15) is 10.4 Å². The van der Waals surface area contributed by atoms with Crippen LogP contribution in [-0.2, 0) is 0 Å². The van der Waals surface area contributed by atoms with Crippen molar-refractivity contribution < 1.29 is 9.90 Å². The molecule has 0 N–H and O–H groups in total. The summed E-state index contributed by atoms with van der Waals surface area (Å²) in [5.41, 5.74) is 1.69. The average Bonchev–Trinajstić information content (AvgIpc) is 2.30. The van der Waals surface area contributed by atoms with Gasteiger partial charge in [0, 0.05) is 18.0 Å². The van der Waals surface area contributed by atoms with Crippen LogP contribution in [0.5, 0.6) is 0 Å². The normalized spacial score (nSPS) is 9.87. The van der Waals surface area contributed by atoms with Crippen molar-refractivity contribution in [3.05, 3.63) is 48.5 Å². The largest absolute Gasteiger partial charge is 0.545 e. The second-order valence-electron chi connectivity index (χ2n) is 3.00. The van der Waals surface area contributed by atoms with E-state index in [9.17, 15) is 9.90 Å². The Morgan fingerprint density at radius 1 is 1.13 bits per heavy atom. The number of benzene rings is 1. The zero-order chi connectivity index (χ0) is 10.7. The van der Waals surface area contributed by atoms with Crippen LogP contribution in [0, 0.1) is 0 Å². The Morgan fingerprint density at radius 3 is 2.53 bits per heavy atom. The molecular formula is C11H7N2O2-. The third-order valence-electron chi connectivity index (χ3n) is 1.99. The molecule has 0 spiro atoms. The number of carbonyl (C=O) groups excluding carboxylic acids is 1. The Morgan fingerprint density at radius 2 is 1.87 bits per heavy atom. The third-order valence-corrected chi connectivity index (χ3v) is 1.99. The zero-order valence-electron chi connectivity index (χ0n) is 7.75. The first-order chi connectivity index (χ1) is 7.27. The summed E-state index contributed by atoms with van der Waals surface area (Å²) >= 11 is 0. The molecule has 74 valence electrons. The molecule has 0 aliphatic rings. The van der Waals surface area contributed by atoms with Crippen molar-refractivity contribution in [1.82, 2.24) is 9.97 Å². The second kappa shape index (κ2) is 3.88. The van der Waals surface area contributed by atoms with Gasteiger partial charge in [0.25, 0.3) is 0 Å². The number of carbonyl (C=O) groups is 1. The minimum absolute atomic E-state index is 0.149. The highest BCUT2D eigenvalue weighted by molar-refractivity contribution is 5.87. The van der Waals surface area contributed by atoms with Gasteiger partial charge in [-0.25, -0.2) is 9.97 Å². The molecule has 1 heterocycles. The molecular weight excluding hydrogens is 192 g/mol. The maximum absolute atomic E-state index is 10.6. The molecule has 0 saturated heterocycles. The summed E-state index contributed by atoms with van der Waals surface area (Å²) in [5, 5.41) is 10.6. The summed E-state index contributed by atoms with van der Waals surface area (Å²) in [6.45, 7) is 0. The van der Waals surface area contributed by atoms with E-state index in [-0.39, 0.29) is 5.56 Å². The fourth-order valence-electron chi connectivity index (χ4n) is 1.27. The van der Waals surface area contributed by atoms with Crippen LogP contribution in [0.15, 0.2) is 43.0 Å². The first-order valence-corrected chi connectivity index (χ1v) is 4.34. The maximum Gasteiger partial charge on any atom is 0.115 e. The van der Waals surface area contributed by atoms with Gasteiger partial charge in [-0.1, -0.05) is 18.2 Å². The van der Waals surface area contributed by atoms with Gasteiger partial charge >= 0.3 is 0 Å². The molecule has 0 fully saturated rings. The predicted octanol–water partition coefficient (Wildman–Crippen LogP) is 0.507. The zero-order valence-corrected chi connectivity index (χ0v) is 7.75. The lowest BCUT2D eigenvalue weighted by atomic mass is 10.1. The van der Waals surface area contributed by atoms with Crippen LogP contribution in [0.25, 0.3) is 11.1 Å². The van der Waals surface area contributed by atoms with Crippen molar-refractivity contribution in [2.45, 2.75) is 0 Å². The molecule has 0 bridgehead atoms. The minimum atomic E-state index is -1.19. The third kappa shape index (κ3) is 1.99. The second-order valence-corrected chi connectivity index (χ2v) is 3.00. The molecule has 2 rings (SSSR count). The first-order valence-electron chi connectivity index (χ1n) is 4.34. The van der Waals surface area contributed by atoms with Gasteiger partial charge in [0.2, 0.25) is 0 Å². The van der Waals surface area contributed by atoms with Gasteiger partial charge in [0.05, 0.1) is 5.97 Å². The van der Waals surface area contributed by atoms with Gasteiger partial charge in [-0.15, -0.1) is 0 Å². The molecule has 15 heavy (non-hydrogen) atoms. The smallest absolute Gasteiger partial charge is 0.115 e. The van der Waals surface area contributed by atoms with Crippen LogP contribution in [-0.4, -0.2) is 15.9 Å². The molecule has 0 saturated carbocycles. The van der Waals surface area contributed by atoms with E-state index in [1.54, 1.807) is 24.5 Å². The average molecular weight is 199 g/mol. The quantitative estimate of drug-likeness (QED) is 0.706. The van der Waals surface area contributed by atoms with Crippen molar-refractivity contribution >= 4 is 5.97 Å². The lowest BCUT2D eigenvalue weighted by molar-refractivity contribution is -0.255. The molecule has 0 atom stereocenters. The molecule has 0 unspecified atom stereocenters. The van der Waals surface area contributed by atoms with Gasteiger partial charge in [0.15, 0.2) is 0 Å². The van der Waals surface area contributed by atoms with Crippen LogP contribution >= 0.6 is 0 Å². The Kier molecular flexibility index (Phi) is 2.41. The molecule has 0 aliphatic carbocycles. The van der Waals surface area contributed by atoms with Crippen LogP contribution in [0.2, 0.25) is 0 Å². The van der Waals surface area contributed by atoms with E-state index in [0.717, 1.165) is 11.1 Å². The van der Waals surface area contributed by atoms with Gasteiger partial charge in [0.1, 0.15) is 6.33 Å². The van der Waals surface area contributed by atoms with Crippen molar-refractivity contribution in [1.29, 1.82) is 0 Å². The van der Waals surface area contributed by atoms with E-state index in [2.05, 4.69) is 9.97 Å². The topological polar surface area (TPSA) is 65.9 Å². The number of hydrogen-bond donors (Lipinski definition) is 0. The standard InChI is InChI=1S/C11H8N2O2/c14-11(15)9-3-1-2-8(4-9)10-5-12-7-13-6-10/h1-7H,(H,14,15)/p-1. The van der Waals surface area contributed by atoms with E-state index in [0.29, 0.717) is 0 Å². The summed E-state index contributed by atoms with van der Waals surface area (Å²) < 4.78 is 0. The highest BCUT2D eigenvalue weighted by atomic mass is 16.4. The molecule has 1 aromatic heterocycles. The predicted molar refractivity (Wildman–Crippen MR) is 51.8 cm³/mol. The van der Waals surface area contributed by atoms with Gasteiger partial charge < -0.3 is 9.90 Å². The van der Waals surface area contributed by atoms with E-state index in [1.807, 2.05) is 0 Å². The summed E-state index contributed by atoms with van der Waals surface area (Å²) in [5.74, 6) is -1.19. The van der Waals surface area contributed by atoms with Gasteiger partial charge in [-0.3, -0.25) is 0 Å². The number of nitrogens with zero attached hydrogens (tertiary/aromatic N) is 2. The Labute approximate surface area is 86.2 Å². The lowest BCUT2D eigenvalue weighted by Gasteiger charge is -2.05. The first kappa shape index (κ1) is 9.33. The number of aromatic carboxylic acids is 1. The molecule has 1 aromatic carbocycles. The van der Waals surface area contributed by atoms with Crippen LogP contribution in [0.4, 0.5) is 0 Å². The van der Waals surface area contributed by atoms with E-state index >= 15 is 0 Å². The van der Waals surface area contributed by atoms with Crippen molar-refractivity contribution in [3.8, 4) is 11.1 Å². The summed E-state index contributed by atoms with van der Waals surface area (Å²) in [6.07, 6.45) is 4.68. The monoisotopic (exact) mass is 199 g/mol. The van der Waals surface area contributed by atoms with Crippen LogP contribution < -0.4 is 5.11 Å². The Hall–Kier alpha value is -2.23. The molecule has 0 aliphatic heterocycles. The molecule has 4 heteroatoms. The van der Waals surface area contributed by atoms with Crippen molar-refractivity contribution in [2.75, 3.05) is 0 Å². The van der Waals surface area contributed by atoms with E-state index in [4.69, 9.17) is 0 Å². The minimum Gasteiger partial charge on any atom is -0.545 e. The van der Waals surface area contributed by atoms with E-state index < -0.39 is 5.97 Å². The molecule has 0 amide bonds. The molecule has 4 nitrogen and oxygen atoms in total. The fraction of sp³-hybridized carbons (Fsp3) is 0. The Bertz CT molecular complexity index is 483. The Balaban J connectivity index is 2.46.